The maximum absolute atomic E-state index is 12.0. The molecule has 0 atom stereocenters. The normalized spacial score (nSPS) is 10.2. The molecule has 0 aliphatic rings. The highest BCUT2D eigenvalue weighted by Crippen LogP contribution is 2.22. The summed E-state index contributed by atoms with van der Waals surface area (Å²) in [7, 11) is 1.52. The molecule has 0 aromatic heterocycles. The molecule has 21 heavy (non-hydrogen) atoms. The molecular weight excluding hydrogens is 288 g/mol. The van der Waals surface area contributed by atoms with Crippen molar-refractivity contribution in [2.45, 2.75) is 6.42 Å². The van der Waals surface area contributed by atoms with Crippen LogP contribution in [0.25, 0.3) is 0 Å². The summed E-state index contributed by atoms with van der Waals surface area (Å²) >= 11 is 5.83. The van der Waals surface area contributed by atoms with Crippen LogP contribution in [0, 0.1) is 0 Å². The van der Waals surface area contributed by atoms with Crippen molar-refractivity contribution >= 4 is 23.2 Å². The predicted octanol–water partition coefficient (Wildman–Crippen LogP) is 2.90. The Balaban J connectivity index is 1.91. The number of rotatable bonds is 5. The summed E-state index contributed by atoms with van der Waals surface area (Å²) in [5, 5.41) is 3.57. The molecule has 0 spiro atoms. The van der Waals surface area contributed by atoms with Crippen molar-refractivity contribution in [2.75, 3.05) is 19.4 Å². The van der Waals surface area contributed by atoms with Gasteiger partial charge in [0.2, 0.25) is 0 Å². The molecule has 0 aliphatic carbocycles. The van der Waals surface area contributed by atoms with Gasteiger partial charge in [0.05, 0.1) is 12.8 Å². The van der Waals surface area contributed by atoms with Gasteiger partial charge in [0.1, 0.15) is 5.75 Å². The fourth-order valence-electron chi connectivity index (χ4n) is 1.93. The highest BCUT2D eigenvalue weighted by Gasteiger charge is 2.08. The largest absolute Gasteiger partial charge is 0.495 e. The lowest BCUT2D eigenvalue weighted by molar-refractivity contribution is 0.0954. The molecular formula is C16H17ClN2O2. The summed E-state index contributed by atoms with van der Waals surface area (Å²) in [5.41, 5.74) is 7.88. The zero-order valence-electron chi connectivity index (χ0n) is 11.7. The van der Waals surface area contributed by atoms with Crippen molar-refractivity contribution in [2.24, 2.45) is 0 Å². The van der Waals surface area contributed by atoms with Crippen LogP contribution in [0.15, 0.2) is 42.5 Å². The van der Waals surface area contributed by atoms with E-state index in [4.69, 9.17) is 22.1 Å². The van der Waals surface area contributed by atoms with Crippen molar-refractivity contribution in [3.05, 3.63) is 58.6 Å². The van der Waals surface area contributed by atoms with Gasteiger partial charge in [0.25, 0.3) is 5.91 Å². The lowest BCUT2D eigenvalue weighted by atomic mass is 10.1. The average Bonchev–Trinajstić information content (AvgIpc) is 2.49. The molecule has 3 N–H and O–H groups in total. The Morgan fingerprint density at radius 3 is 2.62 bits per heavy atom. The third-order valence-corrected chi connectivity index (χ3v) is 3.36. The lowest BCUT2D eigenvalue weighted by Gasteiger charge is -2.08. The van der Waals surface area contributed by atoms with Crippen LogP contribution < -0.4 is 15.8 Å². The molecule has 0 aliphatic heterocycles. The summed E-state index contributed by atoms with van der Waals surface area (Å²) in [6.45, 7) is 0.549. The number of halogens is 1. The second-order valence-electron chi connectivity index (χ2n) is 4.59. The molecule has 2 aromatic carbocycles. The van der Waals surface area contributed by atoms with Crippen molar-refractivity contribution < 1.29 is 9.53 Å². The molecule has 0 radical (unpaired) electrons. The monoisotopic (exact) mass is 304 g/mol. The lowest BCUT2D eigenvalue weighted by Crippen LogP contribution is -2.25. The van der Waals surface area contributed by atoms with E-state index in [1.165, 1.54) is 7.11 Å². The van der Waals surface area contributed by atoms with E-state index in [0.29, 0.717) is 28.6 Å². The molecule has 4 nitrogen and oxygen atoms in total. The molecule has 0 fully saturated rings. The van der Waals surface area contributed by atoms with Gasteiger partial charge in [-0.3, -0.25) is 4.79 Å². The van der Waals surface area contributed by atoms with Gasteiger partial charge < -0.3 is 15.8 Å². The predicted molar refractivity (Wildman–Crippen MR) is 84.9 cm³/mol. The van der Waals surface area contributed by atoms with Crippen LogP contribution in [0.4, 0.5) is 5.69 Å². The van der Waals surface area contributed by atoms with Crippen LogP contribution in [0.2, 0.25) is 5.02 Å². The van der Waals surface area contributed by atoms with E-state index in [2.05, 4.69) is 5.32 Å². The van der Waals surface area contributed by atoms with Gasteiger partial charge in [-0.1, -0.05) is 23.7 Å². The number of benzene rings is 2. The fourth-order valence-corrected chi connectivity index (χ4v) is 2.05. The molecule has 1 amide bonds. The number of carbonyl (C=O) groups is 1. The van der Waals surface area contributed by atoms with E-state index < -0.39 is 0 Å². The Morgan fingerprint density at radius 1 is 1.24 bits per heavy atom. The van der Waals surface area contributed by atoms with Crippen molar-refractivity contribution in [3.8, 4) is 5.75 Å². The number of hydrogen-bond donors (Lipinski definition) is 2. The highest BCUT2D eigenvalue weighted by molar-refractivity contribution is 6.30. The standard InChI is InChI=1S/C16H17ClN2O2/c1-21-15-10-12(4-7-14(15)18)16(20)19-9-8-11-2-5-13(17)6-3-11/h2-7,10H,8-9,18H2,1H3,(H,19,20). The Bertz CT molecular complexity index is 627. The van der Waals surface area contributed by atoms with Crippen molar-refractivity contribution in [1.29, 1.82) is 0 Å². The summed E-state index contributed by atoms with van der Waals surface area (Å²) in [6, 6.07) is 12.5. The van der Waals surface area contributed by atoms with Crippen LogP contribution in [-0.4, -0.2) is 19.6 Å². The van der Waals surface area contributed by atoms with Gasteiger partial charge in [0, 0.05) is 17.1 Å². The zero-order chi connectivity index (χ0) is 15.2. The SMILES string of the molecule is COc1cc(C(=O)NCCc2ccc(Cl)cc2)ccc1N. The second kappa shape index (κ2) is 6.99. The van der Waals surface area contributed by atoms with E-state index in [1.54, 1.807) is 18.2 Å². The Labute approximate surface area is 128 Å². The Kier molecular flexibility index (Phi) is 5.06. The van der Waals surface area contributed by atoms with Gasteiger partial charge >= 0.3 is 0 Å². The van der Waals surface area contributed by atoms with E-state index in [-0.39, 0.29) is 5.91 Å². The van der Waals surface area contributed by atoms with Crippen LogP contribution in [0.5, 0.6) is 5.75 Å². The number of nitrogens with one attached hydrogen (secondary N) is 1. The van der Waals surface area contributed by atoms with Gasteiger partial charge in [0.15, 0.2) is 0 Å². The van der Waals surface area contributed by atoms with Crippen LogP contribution in [0.1, 0.15) is 15.9 Å². The summed E-state index contributed by atoms with van der Waals surface area (Å²) in [6.07, 6.45) is 0.745. The van der Waals surface area contributed by atoms with Gasteiger partial charge in [-0.25, -0.2) is 0 Å². The molecule has 0 saturated heterocycles. The minimum Gasteiger partial charge on any atom is -0.495 e. The maximum atomic E-state index is 12.0. The van der Waals surface area contributed by atoms with Crippen LogP contribution in [-0.2, 0) is 6.42 Å². The highest BCUT2D eigenvalue weighted by atomic mass is 35.5. The minimum absolute atomic E-state index is 0.151. The molecule has 0 saturated carbocycles. The van der Waals surface area contributed by atoms with Gasteiger partial charge in [-0.15, -0.1) is 0 Å². The summed E-state index contributed by atoms with van der Waals surface area (Å²) in [4.78, 5) is 12.0. The number of ether oxygens (including phenoxy) is 1. The minimum atomic E-state index is -0.151. The first-order chi connectivity index (χ1) is 10.1. The number of amides is 1. The number of nitrogen functional groups attached to an aromatic ring is 1. The zero-order valence-corrected chi connectivity index (χ0v) is 12.5. The molecule has 0 unspecified atom stereocenters. The van der Waals surface area contributed by atoms with E-state index in [9.17, 15) is 4.79 Å². The van der Waals surface area contributed by atoms with Crippen LogP contribution >= 0.6 is 11.6 Å². The Morgan fingerprint density at radius 2 is 1.95 bits per heavy atom. The van der Waals surface area contributed by atoms with Gasteiger partial charge in [-0.05, 0) is 42.3 Å². The van der Waals surface area contributed by atoms with E-state index in [1.807, 2.05) is 24.3 Å². The summed E-state index contributed by atoms with van der Waals surface area (Å²) < 4.78 is 5.10. The molecule has 2 rings (SSSR count). The number of anilines is 1. The molecule has 0 heterocycles. The first kappa shape index (κ1) is 15.2. The first-order valence-electron chi connectivity index (χ1n) is 6.56. The number of nitrogens with two attached hydrogens (primary N) is 1. The quantitative estimate of drug-likeness (QED) is 0.835. The number of carbonyl (C=O) groups excluding carboxylic acids is 1. The fraction of sp³-hybridized carbons (Fsp3) is 0.188. The van der Waals surface area contributed by atoms with Crippen molar-refractivity contribution in [3.63, 3.8) is 0 Å². The van der Waals surface area contributed by atoms with E-state index in [0.717, 1.165) is 12.0 Å². The first-order valence-corrected chi connectivity index (χ1v) is 6.94. The molecule has 0 bridgehead atoms. The van der Waals surface area contributed by atoms with Crippen LogP contribution in [0.3, 0.4) is 0 Å². The van der Waals surface area contributed by atoms with Gasteiger partial charge in [-0.2, -0.15) is 0 Å². The molecule has 110 valence electrons. The average molecular weight is 305 g/mol. The summed E-state index contributed by atoms with van der Waals surface area (Å²) in [5.74, 6) is 0.350. The third kappa shape index (κ3) is 4.13. The topological polar surface area (TPSA) is 64.3 Å². The molecule has 2 aromatic rings. The van der Waals surface area contributed by atoms with E-state index >= 15 is 0 Å². The maximum Gasteiger partial charge on any atom is 0.251 e. The third-order valence-electron chi connectivity index (χ3n) is 3.11. The Hall–Kier alpha value is -2.20. The van der Waals surface area contributed by atoms with Crippen molar-refractivity contribution in [1.82, 2.24) is 5.32 Å². The number of methoxy groups -OCH3 is 1. The number of hydrogen-bond acceptors (Lipinski definition) is 3. The second-order valence-corrected chi connectivity index (χ2v) is 5.03. The molecule has 5 heteroatoms. The smallest absolute Gasteiger partial charge is 0.251 e.